The SMILES string of the molecule is [C-]#[N+]C1(c2ccc(-c3ccc(N4C[C@H](Cn5ccnn5)OC4=O)cc3F)cn2)[C@@H]2CN(C(=O)CN3CCCCC3)C[C@@H]21. The third-order valence-corrected chi connectivity index (χ3v) is 9.17. The Morgan fingerprint density at radius 3 is 2.60 bits per heavy atom. The van der Waals surface area contributed by atoms with E-state index in [0.717, 1.165) is 25.9 Å². The van der Waals surface area contributed by atoms with E-state index in [1.54, 1.807) is 41.5 Å². The maximum Gasteiger partial charge on any atom is 0.414 e. The average Bonchev–Trinajstić information content (AvgIpc) is 3.51. The monoisotopic (exact) mass is 570 g/mol. The maximum absolute atomic E-state index is 15.3. The van der Waals surface area contributed by atoms with Gasteiger partial charge in [0.25, 0.3) is 5.54 Å². The zero-order valence-electron chi connectivity index (χ0n) is 23.1. The number of likely N-dealkylation sites (tertiary alicyclic amines) is 2. The number of fused-ring (bicyclic) bond motifs is 1. The first-order valence-electron chi connectivity index (χ1n) is 14.4. The fraction of sp³-hybridized carbons (Fsp3) is 0.467. The molecule has 0 N–H and O–H groups in total. The number of carbonyl (C=O) groups is 2. The molecule has 11 nitrogen and oxygen atoms in total. The first-order chi connectivity index (χ1) is 20.5. The molecule has 2 amide bonds. The van der Waals surface area contributed by atoms with Crippen LogP contribution in [-0.4, -0.2) is 87.2 Å². The fourth-order valence-electron chi connectivity index (χ4n) is 6.88. The molecular weight excluding hydrogens is 539 g/mol. The topological polar surface area (TPSA) is 101 Å². The lowest BCUT2D eigenvalue weighted by molar-refractivity contribution is -0.132. The Bertz CT molecular complexity index is 1520. The Morgan fingerprint density at radius 1 is 1.12 bits per heavy atom. The van der Waals surface area contributed by atoms with Crippen molar-refractivity contribution in [1.82, 2.24) is 29.8 Å². The summed E-state index contributed by atoms with van der Waals surface area (Å²) in [6.07, 6.45) is 7.41. The summed E-state index contributed by atoms with van der Waals surface area (Å²) in [6, 6.07) is 8.24. The molecule has 0 spiro atoms. The van der Waals surface area contributed by atoms with Crippen LogP contribution in [-0.2, 0) is 21.6 Å². The molecular formula is C30H31FN8O3. The van der Waals surface area contributed by atoms with E-state index < -0.39 is 23.6 Å². The molecule has 4 atom stereocenters. The predicted octanol–water partition coefficient (Wildman–Crippen LogP) is 3.19. The van der Waals surface area contributed by atoms with Gasteiger partial charge in [-0.1, -0.05) is 17.7 Å². The lowest BCUT2D eigenvalue weighted by atomic mass is 10.0. The summed E-state index contributed by atoms with van der Waals surface area (Å²) in [6.45, 7) is 12.2. The molecule has 1 aromatic carbocycles. The highest BCUT2D eigenvalue weighted by molar-refractivity contribution is 5.90. The highest BCUT2D eigenvalue weighted by Crippen LogP contribution is 2.64. The van der Waals surface area contributed by atoms with Crippen molar-refractivity contribution in [3.05, 3.63) is 71.9 Å². The Kier molecular flexibility index (Phi) is 6.61. The van der Waals surface area contributed by atoms with Gasteiger partial charge in [0.15, 0.2) is 0 Å². The van der Waals surface area contributed by atoms with Crippen LogP contribution in [0.5, 0.6) is 0 Å². The van der Waals surface area contributed by atoms with E-state index in [2.05, 4.69) is 25.0 Å². The summed E-state index contributed by atoms with van der Waals surface area (Å²) >= 11 is 0. The summed E-state index contributed by atoms with van der Waals surface area (Å²) in [5.41, 5.74) is 1.30. The van der Waals surface area contributed by atoms with Crippen LogP contribution < -0.4 is 4.90 Å². The average molecular weight is 571 g/mol. The number of aromatic nitrogens is 4. The van der Waals surface area contributed by atoms with Crippen molar-refractivity contribution in [1.29, 1.82) is 0 Å². The highest BCUT2D eigenvalue weighted by Gasteiger charge is 2.78. The molecule has 0 bridgehead atoms. The number of cyclic esters (lactones) is 1. The van der Waals surface area contributed by atoms with Crippen LogP contribution in [0.25, 0.3) is 16.0 Å². The Labute approximate surface area is 242 Å². The fourth-order valence-corrected chi connectivity index (χ4v) is 6.88. The maximum atomic E-state index is 15.3. The molecule has 42 heavy (non-hydrogen) atoms. The van der Waals surface area contributed by atoms with Crippen LogP contribution in [0.3, 0.4) is 0 Å². The van der Waals surface area contributed by atoms with Crippen LogP contribution in [0.4, 0.5) is 14.9 Å². The van der Waals surface area contributed by atoms with E-state index in [4.69, 9.17) is 11.3 Å². The molecule has 1 aliphatic carbocycles. The van der Waals surface area contributed by atoms with Crippen molar-refractivity contribution in [2.24, 2.45) is 11.8 Å². The van der Waals surface area contributed by atoms with Gasteiger partial charge in [-0.15, -0.1) is 5.10 Å². The molecule has 5 heterocycles. The minimum Gasteiger partial charge on any atom is -0.442 e. The summed E-state index contributed by atoms with van der Waals surface area (Å²) in [5.74, 6) is -0.190. The van der Waals surface area contributed by atoms with E-state index in [1.165, 1.54) is 17.4 Å². The quantitative estimate of drug-likeness (QED) is 0.402. The number of amides is 2. The van der Waals surface area contributed by atoms with Gasteiger partial charge in [0, 0.05) is 36.6 Å². The first-order valence-corrected chi connectivity index (χ1v) is 14.4. The molecule has 12 heteroatoms. The van der Waals surface area contributed by atoms with Crippen molar-refractivity contribution < 1.29 is 18.7 Å². The number of carbonyl (C=O) groups excluding carboxylic acids is 2. The third kappa shape index (κ3) is 4.58. The van der Waals surface area contributed by atoms with Crippen molar-refractivity contribution in [2.75, 3.05) is 44.2 Å². The molecule has 1 unspecified atom stereocenters. The van der Waals surface area contributed by atoms with Crippen LogP contribution in [0.1, 0.15) is 25.0 Å². The predicted molar refractivity (Wildman–Crippen MR) is 149 cm³/mol. The van der Waals surface area contributed by atoms with Gasteiger partial charge >= 0.3 is 6.09 Å². The molecule has 2 aromatic heterocycles. The number of hydrogen-bond donors (Lipinski definition) is 0. The largest absolute Gasteiger partial charge is 0.442 e. The van der Waals surface area contributed by atoms with Gasteiger partial charge in [-0.05, 0) is 50.2 Å². The number of rotatable bonds is 7. The van der Waals surface area contributed by atoms with Gasteiger partial charge in [0.1, 0.15) is 17.6 Å². The number of halogens is 1. The smallest absolute Gasteiger partial charge is 0.414 e. The molecule has 4 aliphatic rings. The number of nitrogens with zero attached hydrogens (tertiary/aromatic N) is 8. The highest BCUT2D eigenvalue weighted by atomic mass is 19.1. The van der Waals surface area contributed by atoms with Gasteiger partial charge in [0.05, 0.1) is 43.4 Å². The van der Waals surface area contributed by atoms with Gasteiger partial charge in [-0.2, -0.15) is 0 Å². The normalized spacial score (nSPS) is 27.0. The number of anilines is 1. The zero-order valence-corrected chi connectivity index (χ0v) is 23.1. The molecule has 3 aliphatic heterocycles. The summed E-state index contributed by atoms with van der Waals surface area (Å²) < 4.78 is 22.3. The molecule has 7 rings (SSSR count). The van der Waals surface area contributed by atoms with Crippen molar-refractivity contribution >= 4 is 17.7 Å². The van der Waals surface area contributed by atoms with E-state index in [9.17, 15) is 9.59 Å². The van der Waals surface area contributed by atoms with Crippen molar-refractivity contribution in [2.45, 2.75) is 37.5 Å². The lowest BCUT2D eigenvalue weighted by Gasteiger charge is -2.28. The Morgan fingerprint density at radius 2 is 1.93 bits per heavy atom. The van der Waals surface area contributed by atoms with Crippen LogP contribution in [0.15, 0.2) is 48.9 Å². The Balaban J connectivity index is 1.00. The molecule has 4 fully saturated rings. The Hall–Kier alpha value is -4.37. The number of benzene rings is 1. The first kappa shape index (κ1) is 26.5. The second-order valence-electron chi connectivity index (χ2n) is 11.6. The van der Waals surface area contributed by atoms with Crippen LogP contribution >= 0.6 is 0 Å². The minimum atomic E-state index is -0.721. The van der Waals surface area contributed by atoms with Crippen molar-refractivity contribution in [3.63, 3.8) is 0 Å². The number of ether oxygens (including phenoxy) is 1. The van der Waals surface area contributed by atoms with Crippen molar-refractivity contribution in [3.8, 4) is 11.1 Å². The van der Waals surface area contributed by atoms with Crippen LogP contribution in [0, 0.1) is 24.2 Å². The lowest BCUT2D eigenvalue weighted by Crippen LogP contribution is -2.43. The van der Waals surface area contributed by atoms with Gasteiger partial charge in [-0.25, -0.2) is 20.4 Å². The minimum absolute atomic E-state index is 0.0725. The van der Waals surface area contributed by atoms with E-state index in [-0.39, 0.29) is 24.3 Å². The van der Waals surface area contributed by atoms with Crippen LogP contribution in [0.2, 0.25) is 0 Å². The number of hydrogen-bond acceptors (Lipinski definition) is 7. The summed E-state index contributed by atoms with van der Waals surface area (Å²) in [7, 11) is 0. The molecule has 216 valence electrons. The van der Waals surface area contributed by atoms with Gasteiger partial charge < -0.3 is 14.5 Å². The van der Waals surface area contributed by atoms with Gasteiger partial charge in [-0.3, -0.25) is 19.6 Å². The number of pyridine rings is 1. The summed E-state index contributed by atoms with van der Waals surface area (Å²) in [4.78, 5) is 39.5. The zero-order chi connectivity index (χ0) is 28.8. The molecule has 1 saturated carbocycles. The van der Waals surface area contributed by atoms with E-state index in [1.807, 2.05) is 11.0 Å². The van der Waals surface area contributed by atoms with E-state index >= 15 is 4.39 Å². The van der Waals surface area contributed by atoms with E-state index in [0.29, 0.717) is 48.7 Å². The van der Waals surface area contributed by atoms with Gasteiger partial charge in [0.2, 0.25) is 5.91 Å². The second-order valence-corrected chi connectivity index (χ2v) is 11.6. The molecule has 3 aromatic rings. The molecule has 3 saturated heterocycles. The molecule has 0 radical (unpaired) electrons. The number of piperidine rings is 2. The standard InChI is InChI=1S/C30H31FN8O3/c1-32-30(24-17-37(18-25(24)30)28(40)19-36-10-3-2-4-11-36)27-8-5-20(14-33-27)23-7-6-21(13-26(23)31)39-16-22(42-29(39)41)15-38-12-9-34-35-38/h5-9,12-14,22,24-25H,2-4,10-11,15-19H2/t22-,24-,25+,30?/m0/s1. The second kappa shape index (κ2) is 10.5. The summed E-state index contributed by atoms with van der Waals surface area (Å²) in [5, 5.41) is 7.65. The third-order valence-electron chi connectivity index (χ3n) is 9.17.